The summed E-state index contributed by atoms with van der Waals surface area (Å²) in [4.78, 5) is 13.9. The minimum atomic E-state index is -0.0750. The minimum absolute atomic E-state index is 0.0750. The van der Waals surface area contributed by atoms with Crippen molar-refractivity contribution in [1.82, 2.24) is 4.90 Å². The second kappa shape index (κ2) is 4.56. The lowest BCUT2D eigenvalue weighted by atomic mass is 10.1. The SMILES string of the molecule is CCCN(C)C(=O)[C@@H]1Cc2ccccc2N1. The van der Waals surface area contributed by atoms with Gasteiger partial charge >= 0.3 is 0 Å². The van der Waals surface area contributed by atoms with Crippen LogP contribution in [-0.4, -0.2) is 30.4 Å². The first-order valence-electron chi connectivity index (χ1n) is 5.81. The molecule has 0 saturated carbocycles. The van der Waals surface area contributed by atoms with Crippen LogP contribution in [0.1, 0.15) is 18.9 Å². The first-order chi connectivity index (χ1) is 7.72. The Labute approximate surface area is 96.5 Å². The molecular weight excluding hydrogens is 200 g/mol. The molecule has 0 spiro atoms. The van der Waals surface area contributed by atoms with Gasteiger partial charge in [-0.1, -0.05) is 25.1 Å². The lowest BCUT2D eigenvalue weighted by Gasteiger charge is -2.20. The van der Waals surface area contributed by atoms with E-state index in [0.29, 0.717) is 0 Å². The molecule has 3 heteroatoms. The van der Waals surface area contributed by atoms with Gasteiger partial charge in [-0.3, -0.25) is 4.79 Å². The van der Waals surface area contributed by atoms with Gasteiger partial charge in [-0.2, -0.15) is 0 Å². The van der Waals surface area contributed by atoms with E-state index in [1.54, 1.807) is 0 Å². The standard InChI is InChI=1S/C13H18N2O/c1-3-8-15(2)13(16)12-9-10-6-4-5-7-11(10)14-12/h4-7,12,14H,3,8-9H2,1-2H3/t12-/m0/s1. The number of anilines is 1. The van der Waals surface area contributed by atoms with Crippen molar-refractivity contribution in [3.63, 3.8) is 0 Å². The molecule has 1 aromatic rings. The van der Waals surface area contributed by atoms with Crippen molar-refractivity contribution in [3.05, 3.63) is 29.8 Å². The predicted octanol–water partition coefficient (Wildman–Crippen LogP) is 1.89. The lowest BCUT2D eigenvalue weighted by Crippen LogP contribution is -2.40. The van der Waals surface area contributed by atoms with Crippen molar-refractivity contribution >= 4 is 11.6 Å². The third-order valence-electron chi connectivity index (χ3n) is 3.00. The van der Waals surface area contributed by atoms with Gasteiger partial charge in [-0.15, -0.1) is 0 Å². The van der Waals surface area contributed by atoms with Crippen molar-refractivity contribution in [2.45, 2.75) is 25.8 Å². The second-order valence-electron chi connectivity index (χ2n) is 4.32. The quantitative estimate of drug-likeness (QED) is 0.840. The molecule has 0 radical (unpaired) electrons. The number of hydrogen-bond acceptors (Lipinski definition) is 2. The molecule has 86 valence electrons. The summed E-state index contributed by atoms with van der Waals surface area (Å²) < 4.78 is 0. The molecule has 2 rings (SSSR count). The Morgan fingerprint density at radius 1 is 1.50 bits per heavy atom. The van der Waals surface area contributed by atoms with E-state index in [1.807, 2.05) is 30.1 Å². The molecule has 0 unspecified atom stereocenters. The van der Waals surface area contributed by atoms with Crippen molar-refractivity contribution in [2.24, 2.45) is 0 Å². The number of rotatable bonds is 3. The largest absolute Gasteiger partial charge is 0.373 e. The van der Waals surface area contributed by atoms with Crippen LogP contribution in [-0.2, 0) is 11.2 Å². The third-order valence-corrected chi connectivity index (χ3v) is 3.00. The number of nitrogens with zero attached hydrogens (tertiary/aromatic N) is 1. The molecule has 1 aliphatic rings. The highest BCUT2D eigenvalue weighted by atomic mass is 16.2. The van der Waals surface area contributed by atoms with Crippen LogP contribution >= 0.6 is 0 Å². The van der Waals surface area contributed by atoms with E-state index < -0.39 is 0 Å². The van der Waals surface area contributed by atoms with Crippen LogP contribution in [0.15, 0.2) is 24.3 Å². The number of hydrogen-bond donors (Lipinski definition) is 1. The van der Waals surface area contributed by atoms with Crippen molar-refractivity contribution in [3.8, 4) is 0 Å². The summed E-state index contributed by atoms with van der Waals surface area (Å²) in [6.45, 7) is 2.91. The number of carbonyl (C=O) groups excluding carboxylic acids is 1. The van der Waals surface area contributed by atoms with E-state index in [1.165, 1.54) is 5.56 Å². The Bertz CT molecular complexity index is 364. The fourth-order valence-corrected chi connectivity index (χ4v) is 2.16. The van der Waals surface area contributed by atoms with Crippen LogP contribution in [0.2, 0.25) is 0 Å². The van der Waals surface area contributed by atoms with E-state index in [4.69, 9.17) is 0 Å². The van der Waals surface area contributed by atoms with Gasteiger partial charge in [0, 0.05) is 25.7 Å². The number of amides is 1. The highest BCUT2D eigenvalue weighted by Gasteiger charge is 2.27. The number of carbonyl (C=O) groups is 1. The van der Waals surface area contributed by atoms with E-state index >= 15 is 0 Å². The molecule has 1 atom stereocenters. The number of fused-ring (bicyclic) bond motifs is 1. The van der Waals surface area contributed by atoms with E-state index in [-0.39, 0.29) is 11.9 Å². The zero-order valence-corrected chi connectivity index (χ0v) is 9.86. The molecule has 1 heterocycles. The van der Waals surface area contributed by atoms with Crippen LogP contribution in [0, 0.1) is 0 Å². The molecule has 0 aromatic heterocycles. The van der Waals surface area contributed by atoms with Gasteiger partial charge in [-0.25, -0.2) is 0 Å². The Hall–Kier alpha value is -1.51. The van der Waals surface area contributed by atoms with E-state index in [2.05, 4.69) is 18.3 Å². The smallest absolute Gasteiger partial charge is 0.245 e. The molecule has 1 N–H and O–H groups in total. The van der Waals surface area contributed by atoms with Gasteiger partial charge in [0.15, 0.2) is 0 Å². The molecule has 1 aromatic carbocycles. The van der Waals surface area contributed by atoms with Gasteiger partial charge in [0.2, 0.25) is 5.91 Å². The van der Waals surface area contributed by atoms with Crippen LogP contribution in [0.25, 0.3) is 0 Å². The summed E-state index contributed by atoms with van der Waals surface area (Å²) in [6, 6.07) is 8.05. The number of para-hydroxylation sites is 1. The topological polar surface area (TPSA) is 32.3 Å². The zero-order valence-electron chi connectivity index (χ0n) is 9.86. The molecule has 0 fully saturated rings. The zero-order chi connectivity index (χ0) is 11.5. The summed E-state index contributed by atoms with van der Waals surface area (Å²) in [5, 5.41) is 3.28. The number of benzene rings is 1. The van der Waals surface area contributed by atoms with Crippen molar-refractivity contribution in [2.75, 3.05) is 18.9 Å². The number of nitrogens with one attached hydrogen (secondary N) is 1. The van der Waals surface area contributed by atoms with E-state index in [9.17, 15) is 4.79 Å². The van der Waals surface area contributed by atoms with Gasteiger partial charge in [-0.05, 0) is 18.1 Å². The summed E-state index contributed by atoms with van der Waals surface area (Å²) in [6.07, 6.45) is 1.81. The van der Waals surface area contributed by atoms with Gasteiger partial charge < -0.3 is 10.2 Å². The molecule has 1 aliphatic heterocycles. The first-order valence-corrected chi connectivity index (χ1v) is 5.81. The first kappa shape index (κ1) is 11.0. The summed E-state index contributed by atoms with van der Waals surface area (Å²) in [5.74, 6) is 0.193. The minimum Gasteiger partial charge on any atom is -0.373 e. The molecular formula is C13H18N2O. The Morgan fingerprint density at radius 3 is 2.94 bits per heavy atom. The van der Waals surface area contributed by atoms with Crippen LogP contribution < -0.4 is 5.32 Å². The van der Waals surface area contributed by atoms with Crippen molar-refractivity contribution in [1.29, 1.82) is 0 Å². The van der Waals surface area contributed by atoms with Gasteiger partial charge in [0.1, 0.15) is 6.04 Å². The number of likely N-dealkylation sites (N-methyl/N-ethyl adjacent to an activating group) is 1. The van der Waals surface area contributed by atoms with Gasteiger partial charge in [0.05, 0.1) is 0 Å². The molecule has 3 nitrogen and oxygen atoms in total. The maximum absolute atomic E-state index is 12.1. The van der Waals surface area contributed by atoms with Crippen LogP contribution in [0.3, 0.4) is 0 Å². The lowest BCUT2D eigenvalue weighted by molar-refractivity contribution is -0.130. The predicted molar refractivity (Wildman–Crippen MR) is 65.5 cm³/mol. The molecule has 0 aliphatic carbocycles. The highest BCUT2D eigenvalue weighted by Crippen LogP contribution is 2.25. The summed E-state index contributed by atoms with van der Waals surface area (Å²) >= 11 is 0. The van der Waals surface area contributed by atoms with Crippen LogP contribution in [0.4, 0.5) is 5.69 Å². The van der Waals surface area contributed by atoms with E-state index in [0.717, 1.165) is 25.1 Å². The average molecular weight is 218 g/mol. The molecule has 0 saturated heterocycles. The Kier molecular flexibility index (Phi) is 3.13. The average Bonchev–Trinajstić information content (AvgIpc) is 2.71. The monoisotopic (exact) mass is 218 g/mol. The Morgan fingerprint density at radius 2 is 2.25 bits per heavy atom. The summed E-state index contributed by atoms with van der Waals surface area (Å²) in [5.41, 5.74) is 2.34. The highest BCUT2D eigenvalue weighted by molar-refractivity contribution is 5.87. The molecule has 16 heavy (non-hydrogen) atoms. The van der Waals surface area contributed by atoms with Gasteiger partial charge in [0.25, 0.3) is 0 Å². The fraction of sp³-hybridized carbons (Fsp3) is 0.462. The van der Waals surface area contributed by atoms with Crippen LogP contribution in [0.5, 0.6) is 0 Å². The molecule has 0 bridgehead atoms. The summed E-state index contributed by atoms with van der Waals surface area (Å²) in [7, 11) is 1.87. The fourth-order valence-electron chi connectivity index (χ4n) is 2.16. The molecule has 1 amide bonds. The van der Waals surface area contributed by atoms with Crippen molar-refractivity contribution < 1.29 is 4.79 Å². The maximum atomic E-state index is 12.1. The Balaban J connectivity index is 2.03. The maximum Gasteiger partial charge on any atom is 0.245 e. The second-order valence-corrected chi connectivity index (χ2v) is 4.32. The third kappa shape index (κ3) is 2.03. The normalized spacial score (nSPS) is 17.8.